The molecule has 0 aliphatic carbocycles. The minimum absolute atomic E-state index is 0.112. The maximum absolute atomic E-state index is 12.1. The van der Waals surface area contributed by atoms with Gasteiger partial charge in [0.2, 0.25) is 0 Å². The normalized spacial score (nSPS) is 11.4. The van der Waals surface area contributed by atoms with Gasteiger partial charge in [-0.3, -0.25) is 0 Å². The van der Waals surface area contributed by atoms with Gasteiger partial charge in [-0.1, -0.05) is 18.2 Å². The molecule has 0 spiro atoms. The Labute approximate surface area is 85.0 Å². The van der Waals surface area contributed by atoms with Crippen LogP contribution in [0.1, 0.15) is 6.92 Å². The third kappa shape index (κ3) is 3.49. The van der Waals surface area contributed by atoms with Crippen LogP contribution in [-0.4, -0.2) is 12.1 Å². The molecular weight excluding hydrogens is 211 g/mol. The molecule has 0 aliphatic heterocycles. The molecule has 0 heterocycles. The number of hydrogen-bond acceptors (Lipinski definition) is 2. The summed E-state index contributed by atoms with van der Waals surface area (Å²) in [5.74, 6) is 0. The van der Waals surface area contributed by atoms with Crippen molar-refractivity contribution >= 4 is 17.6 Å². The quantitative estimate of drug-likeness (QED) is 0.716. The van der Waals surface area contributed by atoms with Crippen molar-refractivity contribution in [3.63, 3.8) is 0 Å². The van der Waals surface area contributed by atoms with E-state index in [9.17, 15) is 13.2 Å². The molecule has 1 aromatic rings. The van der Waals surface area contributed by atoms with Crippen molar-refractivity contribution in [1.29, 1.82) is 0 Å². The molecule has 0 N–H and O–H groups in total. The van der Waals surface area contributed by atoms with Crippen LogP contribution in [0.3, 0.4) is 0 Å². The summed E-state index contributed by atoms with van der Waals surface area (Å²) in [7, 11) is 0. The van der Waals surface area contributed by atoms with Gasteiger partial charge in [-0.2, -0.15) is 13.2 Å². The number of nitrogens with zero attached hydrogens (tertiary/aromatic N) is 1. The number of hydrogen-bond donors (Lipinski definition) is 0. The van der Waals surface area contributed by atoms with E-state index in [1.165, 1.54) is 4.31 Å². The molecule has 0 aromatic heterocycles. The fourth-order valence-electron chi connectivity index (χ4n) is 1.02. The van der Waals surface area contributed by atoms with Gasteiger partial charge in [0, 0.05) is 12.2 Å². The molecule has 14 heavy (non-hydrogen) atoms. The maximum atomic E-state index is 12.1. The first-order valence-corrected chi connectivity index (χ1v) is 4.88. The van der Waals surface area contributed by atoms with E-state index in [2.05, 4.69) is 0 Å². The number of para-hydroxylation sites is 1. The van der Waals surface area contributed by atoms with Gasteiger partial charge in [-0.05, 0) is 19.1 Å². The molecule has 0 saturated carbocycles. The molecule has 0 aliphatic rings. The number of benzene rings is 1. The molecule has 1 nitrogen and oxygen atoms in total. The SMILES string of the molecule is CCN(SC(F)(F)F)c1ccccc1. The van der Waals surface area contributed by atoms with E-state index in [1.807, 2.05) is 0 Å². The van der Waals surface area contributed by atoms with Crippen LogP contribution in [0, 0.1) is 0 Å². The van der Waals surface area contributed by atoms with Gasteiger partial charge in [0.15, 0.2) is 0 Å². The van der Waals surface area contributed by atoms with Crippen molar-refractivity contribution < 1.29 is 13.2 Å². The van der Waals surface area contributed by atoms with Gasteiger partial charge >= 0.3 is 5.51 Å². The molecule has 1 rings (SSSR count). The lowest BCUT2D eigenvalue weighted by Gasteiger charge is -2.22. The minimum atomic E-state index is -4.23. The van der Waals surface area contributed by atoms with E-state index in [1.54, 1.807) is 37.3 Å². The second kappa shape index (κ2) is 4.59. The van der Waals surface area contributed by atoms with Gasteiger partial charge in [0.25, 0.3) is 0 Å². The monoisotopic (exact) mass is 221 g/mol. The van der Waals surface area contributed by atoms with E-state index in [4.69, 9.17) is 0 Å². The highest BCUT2D eigenvalue weighted by Crippen LogP contribution is 2.35. The zero-order chi connectivity index (χ0) is 10.6. The van der Waals surface area contributed by atoms with Gasteiger partial charge < -0.3 is 4.31 Å². The fourth-order valence-corrected chi connectivity index (χ4v) is 1.63. The van der Waals surface area contributed by atoms with Crippen LogP contribution in [0.4, 0.5) is 18.9 Å². The Kier molecular flexibility index (Phi) is 3.69. The highest BCUT2D eigenvalue weighted by molar-refractivity contribution is 8.01. The van der Waals surface area contributed by atoms with E-state index < -0.39 is 5.51 Å². The first-order valence-electron chi connectivity index (χ1n) is 4.11. The van der Waals surface area contributed by atoms with Gasteiger partial charge in [0.1, 0.15) is 0 Å². The first kappa shape index (κ1) is 11.2. The average molecular weight is 221 g/mol. The molecule has 0 radical (unpaired) electrons. The van der Waals surface area contributed by atoms with Crippen molar-refractivity contribution in [3.05, 3.63) is 30.3 Å². The Morgan fingerprint density at radius 2 is 1.79 bits per heavy atom. The van der Waals surface area contributed by atoms with Gasteiger partial charge in [-0.25, -0.2) is 0 Å². The number of anilines is 1. The maximum Gasteiger partial charge on any atom is 0.461 e. The summed E-state index contributed by atoms with van der Waals surface area (Å²) in [5, 5.41) is 0. The van der Waals surface area contributed by atoms with Crippen LogP contribution in [0.15, 0.2) is 30.3 Å². The molecule has 0 atom stereocenters. The lowest BCUT2D eigenvalue weighted by atomic mass is 10.3. The summed E-state index contributed by atoms with van der Waals surface area (Å²) in [5.41, 5.74) is -3.66. The smallest absolute Gasteiger partial charge is 0.309 e. The Morgan fingerprint density at radius 1 is 1.21 bits per heavy atom. The molecule has 1 aromatic carbocycles. The molecule has 5 heteroatoms. The Morgan fingerprint density at radius 3 is 2.21 bits per heavy atom. The highest BCUT2D eigenvalue weighted by atomic mass is 32.2. The van der Waals surface area contributed by atoms with Crippen molar-refractivity contribution in [2.24, 2.45) is 0 Å². The number of halogens is 3. The second-order valence-electron chi connectivity index (χ2n) is 2.57. The van der Waals surface area contributed by atoms with Crippen molar-refractivity contribution in [2.45, 2.75) is 12.4 Å². The lowest BCUT2D eigenvalue weighted by Crippen LogP contribution is -2.19. The van der Waals surface area contributed by atoms with E-state index in [0.29, 0.717) is 12.2 Å². The Balaban J connectivity index is 2.73. The highest BCUT2D eigenvalue weighted by Gasteiger charge is 2.32. The van der Waals surface area contributed by atoms with Crippen molar-refractivity contribution in [3.8, 4) is 0 Å². The Hall–Kier alpha value is -0.840. The molecule has 0 unspecified atom stereocenters. The molecule has 0 amide bonds. The first-order chi connectivity index (χ1) is 6.53. The predicted octanol–water partition coefficient (Wildman–Crippen LogP) is 3.68. The summed E-state index contributed by atoms with van der Waals surface area (Å²) in [4.78, 5) is 0. The topological polar surface area (TPSA) is 3.24 Å². The molecule has 0 bridgehead atoms. The molecule has 0 saturated heterocycles. The number of rotatable bonds is 3. The van der Waals surface area contributed by atoms with Crippen LogP contribution in [0.5, 0.6) is 0 Å². The predicted molar refractivity (Wildman–Crippen MR) is 53.1 cm³/mol. The zero-order valence-electron chi connectivity index (χ0n) is 7.58. The lowest BCUT2D eigenvalue weighted by molar-refractivity contribution is -0.0329. The van der Waals surface area contributed by atoms with Crippen molar-refractivity contribution in [2.75, 3.05) is 10.8 Å². The Bertz CT molecular complexity index is 273. The van der Waals surface area contributed by atoms with E-state index >= 15 is 0 Å². The van der Waals surface area contributed by atoms with Gasteiger partial charge in [0.05, 0.1) is 11.9 Å². The number of alkyl halides is 3. The largest absolute Gasteiger partial charge is 0.461 e. The molecular formula is C9H10F3NS. The van der Waals surface area contributed by atoms with Gasteiger partial charge in [-0.15, -0.1) is 0 Å². The summed E-state index contributed by atoms with van der Waals surface area (Å²) >= 11 is -0.112. The average Bonchev–Trinajstić information content (AvgIpc) is 2.14. The third-order valence-electron chi connectivity index (χ3n) is 1.55. The van der Waals surface area contributed by atoms with Crippen molar-refractivity contribution in [1.82, 2.24) is 0 Å². The summed E-state index contributed by atoms with van der Waals surface area (Å²) < 4.78 is 37.5. The standard InChI is InChI=1S/C9H10F3NS/c1-2-13(14-9(10,11)12)8-6-4-3-5-7-8/h3-7H,2H2,1H3. The summed E-state index contributed by atoms with van der Waals surface area (Å²) in [6, 6.07) is 8.52. The minimum Gasteiger partial charge on any atom is -0.309 e. The fraction of sp³-hybridized carbons (Fsp3) is 0.333. The van der Waals surface area contributed by atoms with Crippen LogP contribution >= 0.6 is 11.9 Å². The van der Waals surface area contributed by atoms with Crippen LogP contribution < -0.4 is 4.31 Å². The summed E-state index contributed by atoms with van der Waals surface area (Å²) in [6.07, 6.45) is 0. The second-order valence-corrected chi connectivity index (χ2v) is 3.65. The van der Waals surface area contributed by atoms with Crippen LogP contribution in [0.25, 0.3) is 0 Å². The van der Waals surface area contributed by atoms with Crippen LogP contribution in [-0.2, 0) is 0 Å². The summed E-state index contributed by atoms with van der Waals surface area (Å²) in [6.45, 7) is 2.00. The van der Waals surface area contributed by atoms with Crippen LogP contribution in [0.2, 0.25) is 0 Å². The third-order valence-corrected chi connectivity index (χ3v) is 2.44. The zero-order valence-corrected chi connectivity index (χ0v) is 8.40. The van der Waals surface area contributed by atoms with E-state index in [0.717, 1.165) is 0 Å². The van der Waals surface area contributed by atoms with E-state index in [-0.39, 0.29) is 11.9 Å². The molecule has 78 valence electrons. The molecule has 0 fully saturated rings.